The number of aliphatic carboxylic acids is 1. The first kappa shape index (κ1) is 19.9. The van der Waals surface area contributed by atoms with Crippen molar-refractivity contribution in [2.75, 3.05) is 18.0 Å². The van der Waals surface area contributed by atoms with Crippen molar-refractivity contribution in [3.63, 3.8) is 0 Å². The van der Waals surface area contributed by atoms with Gasteiger partial charge in [0, 0.05) is 42.9 Å². The zero-order valence-electron chi connectivity index (χ0n) is 15.3. The Labute approximate surface area is 165 Å². The fraction of sp³-hybridized carbons (Fsp3) is 0.389. The van der Waals surface area contributed by atoms with Crippen LogP contribution in [0.5, 0.6) is 0 Å². The SMILES string of the molecule is CCc1nnc(S/C(=C/c2cc([N+](=O)[O-])ccc2N2CCCCC2)C(=O)O)o1. The number of benzene rings is 1. The lowest BCUT2D eigenvalue weighted by atomic mass is 10.1. The minimum Gasteiger partial charge on any atom is -0.477 e. The van der Waals surface area contributed by atoms with Gasteiger partial charge >= 0.3 is 5.97 Å². The van der Waals surface area contributed by atoms with Crippen molar-refractivity contribution in [1.29, 1.82) is 0 Å². The van der Waals surface area contributed by atoms with Crippen LogP contribution in [0.15, 0.2) is 32.7 Å². The zero-order valence-corrected chi connectivity index (χ0v) is 16.1. The van der Waals surface area contributed by atoms with Crippen molar-refractivity contribution in [2.45, 2.75) is 37.8 Å². The van der Waals surface area contributed by atoms with E-state index in [4.69, 9.17) is 4.42 Å². The molecule has 28 heavy (non-hydrogen) atoms. The van der Waals surface area contributed by atoms with Gasteiger partial charge in [0.1, 0.15) is 4.91 Å². The number of carboxylic acid groups (broad SMARTS) is 1. The number of carbonyl (C=O) groups is 1. The number of piperidine rings is 1. The summed E-state index contributed by atoms with van der Waals surface area (Å²) in [6.07, 6.45) is 5.18. The molecule has 1 aliphatic heterocycles. The van der Waals surface area contributed by atoms with Crippen LogP contribution in [0.25, 0.3) is 6.08 Å². The van der Waals surface area contributed by atoms with Gasteiger partial charge in [0.25, 0.3) is 10.9 Å². The molecule has 1 saturated heterocycles. The Balaban J connectivity index is 1.99. The number of rotatable bonds is 7. The number of nitro benzene ring substituents is 1. The highest BCUT2D eigenvalue weighted by atomic mass is 32.2. The molecule has 1 aromatic heterocycles. The predicted octanol–water partition coefficient (Wildman–Crippen LogP) is 3.75. The minimum absolute atomic E-state index is 0.0509. The van der Waals surface area contributed by atoms with Crippen LogP contribution >= 0.6 is 11.8 Å². The molecule has 1 fully saturated rings. The second-order valence-corrected chi connectivity index (χ2v) is 7.27. The summed E-state index contributed by atoms with van der Waals surface area (Å²) in [5.74, 6) is -0.756. The van der Waals surface area contributed by atoms with Crippen LogP contribution in [0.3, 0.4) is 0 Å². The van der Waals surface area contributed by atoms with Crippen LogP contribution in [-0.2, 0) is 11.2 Å². The molecule has 0 unspecified atom stereocenters. The molecule has 1 N–H and O–H groups in total. The second-order valence-electron chi connectivity index (χ2n) is 6.28. The smallest absolute Gasteiger partial charge is 0.342 e. The number of aromatic nitrogens is 2. The first-order valence-corrected chi connectivity index (χ1v) is 9.78. The second kappa shape index (κ2) is 8.87. The summed E-state index contributed by atoms with van der Waals surface area (Å²) in [6, 6.07) is 4.53. The summed E-state index contributed by atoms with van der Waals surface area (Å²) in [5, 5.41) is 28.6. The molecule has 1 aromatic carbocycles. The Bertz CT molecular complexity index is 905. The third-order valence-electron chi connectivity index (χ3n) is 4.36. The average Bonchev–Trinajstić information content (AvgIpc) is 3.15. The van der Waals surface area contributed by atoms with E-state index in [0.29, 0.717) is 17.9 Å². The van der Waals surface area contributed by atoms with Gasteiger partial charge in [-0.05, 0) is 43.2 Å². The van der Waals surface area contributed by atoms with E-state index in [2.05, 4.69) is 15.1 Å². The van der Waals surface area contributed by atoms with Crippen LogP contribution < -0.4 is 4.90 Å². The van der Waals surface area contributed by atoms with Crippen LogP contribution in [0.2, 0.25) is 0 Å². The topological polar surface area (TPSA) is 123 Å². The zero-order chi connectivity index (χ0) is 20.1. The summed E-state index contributed by atoms with van der Waals surface area (Å²) in [6.45, 7) is 3.51. The lowest BCUT2D eigenvalue weighted by Crippen LogP contribution is -2.29. The summed E-state index contributed by atoms with van der Waals surface area (Å²) in [7, 11) is 0. The maximum absolute atomic E-state index is 11.8. The van der Waals surface area contributed by atoms with Gasteiger partial charge in [0.15, 0.2) is 0 Å². The number of nitro groups is 1. The Kier molecular flexibility index (Phi) is 6.30. The van der Waals surface area contributed by atoms with E-state index in [1.54, 1.807) is 6.07 Å². The average molecular weight is 404 g/mol. The molecule has 0 atom stereocenters. The van der Waals surface area contributed by atoms with Gasteiger partial charge in [-0.25, -0.2) is 4.79 Å². The molecule has 0 spiro atoms. The van der Waals surface area contributed by atoms with Crippen LogP contribution in [-0.4, -0.2) is 39.3 Å². The Morgan fingerprint density at radius 3 is 2.71 bits per heavy atom. The molecule has 0 radical (unpaired) electrons. The van der Waals surface area contributed by atoms with E-state index in [-0.39, 0.29) is 15.8 Å². The number of nitrogens with zero attached hydrogens (tertiary/aromatic N) is 4. The van der Waals surface area contributed by atoms with Crippen molar-refractivity contribution in [3.8, 4) is 0 Å². The summed E-state index contributed by atoms with van der Waals surface area (Å²) in [5.41, 5.74) is 1.17. The van der Waals surface area contributed by atoms with E-state index in [9.17, 15) is 20.0 Å². The highest BCUT2D eigenvalue weighted by molar-refractivity contribution is 8.03. The van der Waals surface area contributed by atoms with Crippen molar-refractivity contribution < 1.29 is 19.2 Å². The lowest BCUT2D eigenvalue weighted by Gasteiger charge is -2.30. The van der Waals surface area contributed by atoms with Gasteiger partial charge in [-0.3, -0.25) is 10.1 Å². The molecule has 0 amide bonds. The van der Waals surface area contributed by atoms with Crippen molar-refractivity contribution in [1.82, 2.24) is 10.2 Å². The normalized spacial score (nSPS) is 14.9. The highest BCUT2D eigenvalue weighted by Gasteiger charge is 2.20. The maximum Gasteiger partial charge on any atom is 0.342 e. The summed E-state index contributed by atoms with van der Waals surface area (Å²) >= 11 is 0.830. The molecule has 9 nitrogen and oxygen atoms in total. The molecule has 0 aliphatic carbocycles. The summed E-state index contributed by atoms with van der Waals surface area (Å²) in [4.78, 5) is 24.6. The number of anilines is 1. The molecule has 148 valence electrons. The quantitative estimate of drug-likeness (QED) is 0.318. The van der Waals surface area contributed by atoms with Crippen molar-refractivity contribution >= 4 is 35.2 Å². The predicted molar refractivity (Wildman–Crippen MR) is 104 cm³/mol. The molecular weight excluding hydrogens is 384 g/mol. The van der Waals surface area contributed by atoms with E-state index in [1.807, 2.05) is 6.92 Å². The number of hydrogen-bond donors (Lipinski definition) is 1. The molecule has 2 heterocycles. The van der Waals surface area contributed by atoms with Gasteiger partial charge in [0.05, 0.1) is 4.92 Å². The number of thioether (sulfide) groups is 1. The molecule has 3 rings (SSSR count). The lowest BCUT2D eigenvalue weighted by molar-refractivity contribution is -0.384. The van der Waals surface area contributed by atoms with Crippen LogP contribution in [0.1, 0.15) is 37.6 Å². The molecule has 2 aromatic rings. The largest absolute Gasteiger partial charge is 0.477 e. The van der Waals surface area contributed by atoms with Gasteiger partial charge in [-0.2, -0.15) is 0 Å². The monoisotopic (exact) mass is 404 g/mol. The number of hydrogen-bond acceptors (Lipinski definition) is 8. The third-order valence-corrected chi connectivity index (χ3v) is 5.22. The highest BCUT2D eigenvalue weighted by Crippen LogP contribution is 2.33. The van der Waals surface area contributed by atoms with E-state index in [0.717, 1.165) is 49.8 Å². The van der Waals surface area contributed by atoms with Gasteiger partial charge in [-0.1, -0.05) is 6.92 Å². The van der Waals surface area contributed by atoms with Gasteiger partial charge < -0.3 is 14.4 Å². The molecular formula is C18H20N4O5S. The number of aryl methyl sites for hydroxylation is 1. The first-order chi connectivity index (χ1) is 13.5. The summed E-state index contributed by atoms with van der Waals surface area (Å²) < 4.78 is 5.38. The van der Waals surface area contributed by atoms with E-state index in [1.165, 1.54) is 18.2 Å². The number of carboxylic acids is 1. The van der Waals surface area contributed by atoms with E-state index >= 15 is 0 Å². The van der Waals surface area contributed by atoms with Crippen molar-refractivity contribution in [2.24, 2.45) is 0 Å². The third kappa shape index (κ3) is 4.69. The first-order valence-electron chi connectivity index (χ1n) is 8.96. The van der Waals surface area contributed by atoms with Gasteiger partial charge in [-0.15, -0.1) is 10.2 Å². The minimum atomic E-state index is -1.17. The van der Waals surface area contributed by atoms with Crippen LogP contribution in [0.4, 0.5) is 11.4 Å². The molecule has 0 saturated carbocycles. The molecule has 1 aliphatic rings. The standard InChI is InChI=1S/C18H20N4O5S/c1-2-16-19-20-18(27-16)28-15(17(23)24)11-12-10-13(22(25)26)6-7-14(12)21-8-4-3-5-9-21/h6-7,10-11H,2-5,8-9H2,1H3,(H,23,24)/b15-11+. The Hall–Kier alpha value is -2.88. The fourth-order valence-corrected chi connectivity index (χ4v) is 3.67. The van der Waals surface area contributed by atoms with Crippen molar-refractivity contribution in [3.05, 3.63) is 44.7 Å². The molecule has 0 bridgehead atoms. The molecule has 10 heteroatoms. The Morgan fingerprint density at radius 1 is 1.36 bits per heavy atom. The fourth-order valence-electron chi connectivity index (χ4n) is 2.99. The van der Waals surface area contributed by atoms with Crippen LogP contribution in [0, 0.1) is 10.1 Å². The van der Waals surface area contributed by atoms with E-state index < -0.39 is 10.9 Å². The Morgan fingerprint density at radius 2 is 2.11 bits per heavy atom. The maximum atomic E-state index is 11.8. The van der Waals surface area contributed by atoms with Gasteiger partial charge in [0.2, 0.25) is 5.89 Å². The number of non-ortho nitro benzene ring substituents is 1.